The number of hydrogen-bond donors (Lipinski definition) is 2. The number of rotatable bonds is 5. The molecule has 0 saturated carbocycles. The van der Waals surface area contributed by atoms with E-state index in [1.165, 1.54) is 30.5 Å². The number of carbonyl (C=O) groups is 2. The summed E-state index contributed by atoms with van der Waals surface area (Å²) in [5, 5.41) is 10.6. The van der Waals surface area contributed by atoms with Gasteiger partial charge >= 0.3 is 0 Å². The van der Waals surface area contributed by atoms with E-state index in [1.54, 1.807) is 4.68 Å². The molecule has 5 rings (SSSR count). The monoisotopic (exact) mass is 446 g/mol. The van der Waals surface area contributed by atoms with E-state index in [0.29, 0.717) is 35.7 Å². The van der Waals surface area contributed by atoms with Crippen molar-refractivity contribution >= 4 is 23.2 Å². The highest BCUT2D eigenvalue weighted by Gasteiger charge is 2.37. The number of nitrogens with one attached hydrogen (secondary N) is 2. The minimum Gasteiger partial charge on any atom is -0.494 e. The van der Waals surface area contributed by atoms with Crippen LogP contribution in [0.25, 0.3) is 0 Å². The molecule has 0 radical (unpaired) electrons. The zero-order valence-corrected chi connectivity index (χ0v) is 18.1. The van der Waals surface area contributed by atoms with Crippen LogP contribution in [0.2, 0.25) is 0 Å². The van der Waals surface area contributed by atoms with Crippen LogP contribution in [-0.4, -0.2) is 28.1 Å². The molecule has 168 valence electrons. The van der Waals surface area contributed by atoms with Crippen molar-refractivity contribution in [1.29, 1.82) is 0 Å². The third kappa shape index (κ3) is 3.88. The van der Waals surface area contributed by atoms with E-state index in [0.717, 1.165) is 29.9 Å². The molecule has 33 heavy (non-hydrogen) atoms. The van der Waals surface area contributed by atoms with Gasteiger partial charge in [-0.2, -0.15) is 5.10 Å². The topological polar surface area (TPSA) is 85.2 Å². The SMILES string of the molecule is CCOc1ccc([C@H]2C3=C(CCCC3=O)Nc3c(C(=O)Nc4ccc(F)cc4)cnn32)cc1. The predicted molar refractivity (Wildman–Crippen MR) is 122 cm³/mol. The van der Waals surface area contributed by atoms with Crippen LogP contribution >= 0.6 is 0 Å². The van der Waals surface area contributed by atoms with E-state index in [2.05, 4.69) is 15.7 Å². The smallest absolute Gasteiger partial charge is 0.261 e. The van der Waals surface area contributed by atoms with Gasteiger partial charge < -0.3 is 15.4 Å². The number of allylic oxidation sites excluding steroid dienone is 2. The molecule has 2 aliphatic rings. The van der Waals surface area contributed by atoms with Crippen LogP contribution in [0.5, 0.6) is 5.75 Å². The van der Waals surface area contributed by atoms with Crippen LogP contribution in [0.1, 0.15) is 48.1 Å². The number of hydrogen-bond acceptors (Lipinski definition) is 5. The van der Waals surface area contributed by atoms with Gasteiger partial charge in [0.1, 0.15) is 29.0 Å². The summed E-state index contributed by atoms with van der Waals surface area (Å²) in [4.78, 5) is 25.9. The van der Waals surface area contributed by atoms with Crippen LogP contribution in [-0.2, 0) is 4.79 Å². The molecule has 2 heterocycles. The Morgan fingerprint density at radius 1 is 1.18 bits per heavy atom. The second-order valence-electron chi connectivity index (χ2n) is 8.01. The summed E-state index contributed by atoms with van der Waals surface area (Å²) >= 11 is 0. The first-order valence-electron chi connectivity index (χ1n) is 11.0. The Balaban J connectivity index is 1.53. The number of ether oxygens (including phenoxy) is 1. The molecule has 8 heteroatoms. The molecule has 0 fully saturated rings. The molecule has 2 aromatic carbocycles. The fourth-order valence-electron chi connectivity index (χ4n) is 4.38. The predicted octanol–water partition coefficient (Wildman–Crippen LogP) is 4.70. The van der Waals surface area contributed by atoms with Crippen molar-refractivity contribution in [1.82, 2.24) is 9.78 Å². The van der Waals surface area contributed by atoms with Crippen molar-refractivity contribution < 1.29 is 18.7 Å². The molecule has 3 aromatic rings. The number of aromatic nitrogens is 2. The lowest BCUT2D eigenvalue weighted by Crippen LogP contribution is -2.32. The molecule has 1 amide bonds. The average molecular weight is 446 g/mol. The van der Waals surface area contributed by atoms with E-state index < -0.39 is 6.04 Å². The van der Waals surface area contributed by atoms with Crippen molar-refractivity contribution in [2.24, 2.45) is 0 Å². The van der Waals surface area contributed by atoms with E-state index in [-0.39, 0.29) is 17.5 Å². The van der Waals surface area contributed by atoms with Gasteiger partial charge in [0, 0.05) is 23.4 Å². The lowest BCUT2D eigenvalue weighted by molar-refractivity contribution is -0.116. The molecule has 1 aromatic heterocycles. The van der Waals surface area contributed by atoms with Crippen molar-refractivity contribution in [2.75, 3.05) is 17.2 Å². The molecule has 2 N–H and O–H groups in total. The van der Waals surface area contributed by atoms with Crippen molar-refractivity contribution in [3.63, 3.8) is 0 Å². The van der Waals surface area contributed by atoms with Crippen LogP contribution in [0.15, 0.2) is 66.0 Å². The fourth-order valence-corrected chi connectivity index (χ4v) is 4.38. The van der Waals surface area contributed by atoms with Gasteiger partial charge in [0.2, 0.25) is 0 Å². The van der Waals surface area contributed by atoms with Crippen LogP contribution in [0.3, 0.4) is 0 Å². The summed E-state index contributed by atoms with van der Waals surface area (Å²) in [7, 11) is 0. The van der Waals surface area contributed by atoms with Gasteiger partial charge in [-0.05, 0) is 61.7 Å². The molecule has 0 unspecified atom stereocenters. The Morgan fingerprint density at radius 3 is 2.67 bits per heavy atom. The van der Waals surface area contributed by atoms with Gasteiger partial charge in [-0.3, -0.25) is 9.59 Å². The summed E-state index contributed by atoms with van der Waals surface area (Å²) in [6.45, 7) is 2.49. The Labute approximate surface area is 190 Å². The first kappa shape index (κ1) is 20.9. The standard InChI is InChI=1S/C25H23FN4O3/c1-2-33-18-12-6-15(7-13-18)23-22-20(4-3-5-21(22)31)29-24-19(14-27-30(23)24)25(32)28-17-10-8-16(26)9-11-17/h6-14,23,29H,2-5H2,1H3,(H,28,32)/t23-/m0/s1. The molecule has 1 aliphatic carbocycles. The highest BCUT2D eigenvalue weighted by molar-refractivity contribution is 6.08. The molecule has 0 bridgehead atoms. The highest BCUT2D eigenvalue weighted by Crippen LogP contribution is 2.41. The Hall–Kier alpha value is -3.94. The normalized spacial score (nSPS) is 17.2. The molecular weight excluding hydrogens is 423 g/mol. The van der Waals surface area contributed by atoms with E-state index in [4.69, 9.17) is 4.74 Å². The summed E-state index contributed by atoms with van der Waals surface area (Å²) in [5.74, 6) is 0.617. The molecule has 0 saturated heterocycles. The van der Waals surface area contributed by atoms with Gasteiger partial charge in [-0.15, -0.1) is 0 Å². The zero-order chi connectivity index (χ0) is 22.9. The number of Topliss-reactive ketones (excluding diaryl/α,β-unsaturated/α-hetero) is 1. The summed E-state index contributed by atoms with van der Waals surface area (Å²) in [5.41, 5.74) is 3.23. The number of anilines is 2. The third-order valence-electron chi connectivity index (χ3n) is 5.89. The number of ketones is 1. The van der Waals surface area contributed by atoms with Crippen LogP contribution < -0.4 is 15.4 Å². The molecule has 7 nitrogen and oxygen atoms in total. The lowest BCUT2D eigenvalue weighted by Gasteiger charge is -2.33. The maximum absolute atomic E-state index is 13.2. The number of amides is 1. The first-order valence-corrected chi connectivity index (χ1v) is 11.0. The maximum atomic E-state index is 13.2. The lowest BCUT2D eigenvalue weighted by atomic mass is 9.85. The average Bonchev–Trinajstić information content (AvgIpc) is 3.24. The minimum absolute atomic E-state index is 0.0844. The summed E-state index contributed by atoms with van der Waals surface area (Å²) in [6, 6.07) is 12.7. The van der Waals surface area contributed by atoms with Crippen LogP contribution in [0, 0.1) is 5.82 Å². The highest BCUT2D eigenvalue weighted by atomic mass is 19.1. The fraction of sp³-hybridized carbons (Fsp3) is 0.240. The Kier molecular flexibility index (Phi) is 5.42. The number of nitrogens with zero attached hydrogens (tertiary/aromatic N) is 2. The molecule has 0 spiro atoms. The maximum Gasteiger partial charge on any atom is 0.261 e. The number of carbonyl (C=O) groups excluding carboxylic acids is 2. The number of benzene rings is 2. The molecule has 1 aliphatic heterocycles. The number of halogens is 1. The molecule has 1 atom stereocenters. The second kappa shape index (κ2) is 8.54. The van der Waals surface area contributed by atoms with Gasteiger partial charge in [-0.1, -0.05) is 12.1 Å². The summed E-state index contributed by atoms with van der Waals surface area (Å²) in [6.07, 6.45) is 3.46. The van der Waals surface area contributed by atoms with Crippen molar-refractivity contribution in [3.8, 4) is 5.75 Å². The van der Waals surface area contributed by atoms with Gasteiger partial charge in [0.25, 0.3) is 5.91 Å². The second-order valence-corrected chi connectivity index (χ2v) is 8.01. The van der Waals surface area contributed by atoms with Crippen molar-refractivity contribution in [2.45, 2.75) is 32.2 Å². The van der Waals surface area contributed by atoms with E-state index in [1.807, 2.05) is 31.2 Å². The van der Waals surface area contributed by atoms with E-state index in [9.17, 15) is 14.0 Å². The van der Waals surface area contributed by atoms with Gasteiger partial charge in [0.05, 0.1) is 12.8 Å². The Bertz CT molecular complexity index is 1250. The molecular formula is C25H23FN4O3. The third-order valence-corrected chi connectivity index (χ3v) is 5.89. The van der Waals surface area contributed by atoms with Gasteiger partial charge in [0.15, 0.2) is 5.78 Å². The largest absolute Gasteiger partial charge is 0.494 e. The minimum atomic E-state index is -0.438. The first-order chi connectivity index (χ1) is 16.0. The van der Waals surface area contributed by atoms with Crippen molar-refractivity contribution in [3.05, 3.63) is 82.9 Å². The quantitative estimate of drug-likeness (QED) is 0.594. The summed E-state index contributed by atoms with van der Waals surface area (Å²) < 4.78 is 20.5. The van der Waals surface area contributed by atoms with Gasteiger partial charge in [-0.25, -0.2) is 9.07 Å². The van der Waals surface area contributed by atoms with Crippen LogP contribution in [0.4, 0.5) is 15.9 Å². The van der Waals surface area contributed by atoms with E-state index >= 15 is 0 Å². The zero-order valence-electron chi connectivity index (χ0n) is 18.1. The number of fused-ring (bicyclic) bond motifs is 1. The Morgan fingerprint density at radius 2 is 1.94 bits per heavy atom.